The highest BCUT2D eigenvalue weighted by molar-refractivity contribution is 7.98. The van der Waals surface area contributed by atoms with Crippen molar-refractivity contribution in [2.45, 2.75) is 18.4 Å². The first kappa shape index (κ1) is 10.0. The number of hydrogen-bond donors (Lipinski definition) is 1. The number of fused-ring (bicyclic) bond motifs is 1. The van der Waals surface area contributed by atoms with Gasteiger partial charge in [0.2, 0.25) is 0 Å². The minimum Gasteiger partial charge on any atom is -0.392 e. The van der Waals surface area contributed by atoms with Crippen molar-refractivity contribution in [2.75, 3.05) is 6.26 Å². The van der Waals surface area contributed by atoms with Crippen LogP contribution in [0.25, 0.3) is 10.1 Å². The Morgan fingerprint density at radius 2 is 2.21 bits per heavy atom. The summed E-state index contributed by atoms with van der Waals surface area (Å²) < 4.78 is 1.31. The molecule has 14 heavy (non-hydrogen) atoms. The lowest BCUT2D eigenvalue weighted by atomic mass is 10.1. The summed E-state index contributed by atoms with van der Waals surface area (Å²) in [6.07, 6.45) is 2.07. The Labute approximate surface area is 91.8 Å². The second-order valence-corrected chi connectivity index (χ2v) is 4.94. The molecule has 3 heteroatoms. The fourth-order valence-corrected chi connectivity index (χ4v) is 3.37. The van der Waals surface area contributed by atoms with Gasteiger partial charge in [-0.1, -0.05) is 6.07 Å². The van der Waals surface area contributed by atoms with E-state index in [2.05, 4.69) is 30.7 Å². The SMILES string of the molecule is CSc1ccc(C)c2scc(CO)c12. The van der Waals surface area contributed by atoms with Gasteiger partial charge in [0.25, 0.3) is 0 Å². The van der Waals surface area contributed by atoms with Crippen LogP contribution >= 0.6 is 23.1 Å². The maximum atomic E-state index is 9.23. The Hall–Kier alpha value is -0.510. The van der Waals surface area contributed by atoms with E-state index in [4.69, 9.17) is 0 Å². The van der Waals surface area contributed by atoms with Crippen LogP contribution in [0.5, 0.6) is 0 Å². The fraction of sp³-hybridized carbons (Fsp3) is 0.273. The van der Waals surface area contributed by atoms with Gasteiger partial charge in [-0.3, -0.25) is 0 Å². The Morgan fingerprint density at radius 3 is 2.86 bits per heavy atom. The van der Waals surface area contributed by atoms with Gasteiger partial charge < -0.3 is 5.11 Å². The number of aryl methyl sites for hydroxylation is 1. The molecule has 0 aliphatic rings. The first-order valence-electron chi connectivity index (χ1n) is 4.42. The zero-order valence-corrected chi connectivity index (χ0v) is 9.84. The van der Waals surface area contributed by atoms with E-state index in [1.165, 1.54) is 20.5 Å². The van der Waals surface area contributed by atoms with Crippen molar-refractivity contribution in [1.82, 2.24) is 0 Å². The van der Waals surface area contributed by atoms with Gasteiger partial charge in [-0.2, -0.15) is 0 Å². The van der Waals surface area contributed by atoms with Crippen molar-refractivity contribution in [2.24, 2.45) is 0 Å². The van der Waals surface area contributed by atoms with Gasteiger partial charge in [-0.05, 0) is 35.8 Å². The summed E-state index contributed by atoms with van der Waals surface area (Å²) in [5.41, 5.74) is 2.35. The molecule has 0 unspecified atom stereocenters. The first-order chi connectivity index (χ1) is 6.77. The molecular weight excluding hydrogens is 212 g/mol. The van der Waals surface area contributed by atoms with E-state index in [-0.39, 0.29) is 6.61 Å². The smallest absolute Gasteiger partial charge is 0.0696 e. The molecule has 1 aromatic carbocycles. The van der Waals surface area contributed by atoms with Gasteiger partial charge in [-0.25, -0.2) is 0 Å². The van der Waals surface area contributed by atoms with E-state index in [1.54, 1.807) is 23.1 Å². The predicted octanol–water partition coefficient (Wildman–Crippen LogP) is 3.42. The zero-order valence-electron chi connectivity index (χ0n) is 8.20. The van der Waals surface area contributed by atoms with Gasteiger partial charge in [0.15, 0.2) is 0 Å². The molecule has 0 amide bonds. The molecule has 2 rings (SSSR count). The standard InChI is InChI=1S/C11H12OS2/c1-7-3-4-9(13-2)10-8(5-12)6-14-11(7)10/h3-4,6,12H,5H2,1-2H3. The van der Waals surface area contributed by atoms with Gasteiger partial charge in [0.1, 0.15) is 0 Å². The van der Waals surface area contributed by atoms with Crippen LogP contribution in [0.1, 0.15) is 11.1 Å². The number of benzene rings is 1. The van der Waals surface area contributed by atoms with E-state index in [0.717, 1.165) is 5.56 Å². The molecule has 0 radical (unpaired) electrons. The van der Waals surface area contributed by atoms with Crippen molar-refractivity contribution in [3.63, 3.8) is 0 Å². The highest BCUT2D eigenvalue weighted by Crippen LogP contribution is 2.35. The summed E-state index contributed by atoms with van der Waals surface area (Å²) in [5.74, 6) is 0. The van der Waals surface area contributed by atoms with Crippen LogP contribution in [0.15, 0.2) is 22.4 Å². The summed E-state index contributed by atoms with van der Waals surface area (Å²) >= 11 is 3.46. The highest BCUT2D eigenvalue weighted by atomic mass is 32.2. The number of aliphatic hydroxyl groups is 1. The molecule has 1 heterocycles. The highest BCUT2D eigenvalue weighted by Gasteiger charge is 2.09. The lowest BCUT2D eigenvalue weighted by molar-refractivity contribution is 0.283. The third-order valence-electron chi connectivity index (χ3n) is 2.35. The summed E-state index contributed by atoms with van der Waals surface area (Å²) in [5, 5.41) is 12.5. The maximum Gasteiger partial charge on any atom is 0.0696 e. The van der Waals surface area contributed by atoms with Gasteiger partial charge in [0.05, 0.1) is 6.61 Å². The Kier molecular flexibility index (Phi) is 2.81. The summed E-state index contributed by atoms with van der Waals surface area (Å²) in [7, 11) is 0. The van der Waals surface area contributed by atoms with E-state index in [9.17, 15) is 5.11 Å². The van der Waals surface area contributed by atoms with E-state index in [0.29, 0.717) is 0 Å². The Morgan fingerprint density at radius 1 is 1.43 bits per heavy atom. The molecule has 0 bridgehead atoms. The molecule has 74 valence electrons. The van der Waals surface area contributed by atoms with Crippen molar-refractivity contribution in [3.8, 4) is 0 Å². The largest absolute Gasteiger partial charge is 0.392 e. The van der Waals surface area contributed by atoms with Crippen LogP contribution in [-0.2, 0) is 6.61 Å². The third kappa shape index (κ3) is 1.45. The van der Waals surface area contributed by atoms with Gasteiger partial charge in [-0.15, -0.1) is 23.1 Å². The van der Waals surface area contributed by atoms with Crippen LogP contribution in [0.2, 0.25) is 0 Å². The Bertz CT molecular complexity index is 460. The molecule has 0 aliphatic carbocycles. The molecule has 0 fully saturated rings. The molecule has 1 nitrogen and oxygen atoms in total. The van der Waals surface area contributed by atoms with Crippen molar-refractivity contribution in [3.05, 3.63) is 28.6 Å². The lowest BCUT2D eigenvalue weighted by Crippen LogP contribution is -1.83. The molecular formula is C11H12OS2. The Balaban J connectivity index is 2.82. The molecule has 0 saturated carbocycles. The topological polar surface area (TPSA) is 20.2 Å². The zero-order chi connectivity index (χ0) is 10.1. The summed E-state index contributed by atoms with van der Waals surface area (Å²) in [6, 6.07) is 4.28. The second kappa shape index (κ2) is 3.93. The van der Waals surface area contributed by atoms with Crippen LogP contribution < -0.4 is 0 Å². The minimum absolute atomic E-state index is 0.136. The summed E-state index contributed by atoms with van der Waals surface area (Å²) in [4.78, 5) is 1.26. The normalized spacial score (nSPS) is 11.1. The minimum atomic E-state index is 0.136. The van der Waals surface area contributed by atoms with E-state index in [1.807, 2.05) is 0 Å². The molecule has 0 aliphatic heterocycles. The van der Waals surface area contributed by atoms with E-state index < -0.39 is 0 Å². The van der Waals surface area contributed by atoms with Crippen LogP contribution in [0, 0.1) is 6.92 Å². The van der Waals surface area contributed by atoms with Crippen LogP contribution in [0.4, 0.5) is 0 Å². The fourth-order valence-electron chi connectivity index (χ4n) is 1.60. The third-order valence-corrected chi connectivity index (χ3v) is 4.29. The van der Waals surface area contributed by atoms with Crippen molar-refractivity contribution >= 4 is 33.2 Å². The van der Waals surface area contributed by atoms with Crippen LogP contribution in [-0.4, -0.2) is 11.4 Å². The number of thioether (sulfide) groups is 1. The first-order valence-corrected chi connectivity index (χ1v) is 6.53. The molecule has 0 spiro atoms. The average molecular weight is 224 g/mol. The summed E-state index contributed by atoms with van der Waals surface area (Å²) in [6.45, 7) is 2.25. The monoisotopic (exact) mass is 224 g/mol. The maximum absolute atomic E-state index is 9.23. The molecule has 0 saturated heterocycles. The van der Waals surface area contributed by atoms with Crippen molar-refractivity contribution in [1.29, 1.82) is 0 Å². The number of thiophene rings is 1. The van der Waals surface area contributed by atoms with Crippen molar-refractivity contribution < 1.29 is 5.11 Å². The predicted molar refractivity (Wildman–Crippen MR) is 64.3 cm³/mol. The average Bonchev–Trinajstić information content (AvgIpc) is 2.63. The number of rotatable bonds is 2. The van der Waals surface area contributed by atoms with Gasteiger partial charge in [0, 0.05) is 15.0 Å². The van der Waals surface area contributed by atoms with E-state index >= 15 is 0 Å². The number of hydrogen-bond acceptors (Lipinski definition) is 3. The molecule has 0 atom stereocenters. The molecule has 1 aromatic heterocycles. The lowest BCUT2D eigenvalue weighted by Gasteiger charge is -2.03. The molecule has 2 aromatic rings. The second-order valence-electron chi connectivity index (χ2n) is 3.21. The van der Waals surface area contributed by atoms with Crippen LogP contribution in [0.3, 0.4) is 0 Å². The van der Waals surface area contributed by atoms with Gasteiger partial charge >= 0.3 is 0 Å². The number of aliphatic hydroxyl groups excluding tert-OH is 1. The quantitative estimate of drug-likeness (QED) is 0.789. The molecule has 1 N–H and O–H groups in total.